The number of Topliss-reactive ketones (excluding diaryl/α,β-unsaturated/α-hetero) is 1. The lowest BCUT2D eigenvalue weighted by atomic mass is 9.80. The number of carbonyl (C=O) groups is 2. The molecule has 0 bridgehead atoms. The largest absolute Gasteiger partial charge is 0.443 e. The first kappa shape index (κ1) is 12.6. The maximum absolute atomic E-state index is 11.3. The molecule has 0 unspecified atom stereocenters. The highest BCUT2D eigenvalue weighted by Crippen LogP contribution is 2.33. The Morgan fingerprint density at radius 1 is 1.22 bits per heavy atom. The summed E-state index contributed by atoms with van der Waals surface area (Å²) in [6, 6.07) is 9.81. The van der Waals surface area contributed by atoms with Crippen LogP contribution in [0.1, 0.15) is 31.2 Å². The Hall–Kier alpha value is -1.84. The van der Waals surface area contributed by atoms with E-state index in [-0.39, 0.29) is 5.78 Å². The molecule has 4 heteroatoms. The topological polar surface area (TPSA) is 69.4 Å². The Morgan fingerprint density at radius 3 is 2.39 bits per heavy atom. The van der Waals surface area contributed by atoms with Gasteiger partial charge < -0.3 is 10.5 Å². The van der Waals surface area contributed by atoms with Crippen LogP contribution in [0.3, 0.4) is 0 Å². The predicted octanol–water partition coefficient (Wildman–Crippen LogP) is 2.21. The monoisotopic (exact) mass is 247 g/mol. The van der Waals surface area contributed by atoms with Crippen molar-refractivity contribution in [2.24, 2.45) is 5.73 Å². The van der Waals surface area contributed by atoms with E-state index in [4.69, 9.17) is 10.5 Å². The van der Waals surface area contributed by atoms with Gasteiger partial charge in [-0.05, 0) is 18.4 Å². The summed E-state index contributed by atoms with van der Waals surface area (Å²) < 4.78 is 5.32. The third-order valence-corrected chi connectivity index (χ3v) is 3.41. The molecule has 0 aliphatic heterocycles. The summed E-state index contributed by atoms with van der Waals surface area (Å²) in [5.41, 5.74) is 5.63. The number of benzene rings is 1. The Bertz CT molecular complexity index is 432. The average molecular weight is 247 g/mol. The first-order chi connectivity index (χ1) is 8.60. The van der Waals surface area contributed by atoms with Crippen LogP contribution in [0.25, 0.3) is 0 Å². The Balaban J connectivity index is 2.15. The molecule has 0 radical (unpaired) electrons. The van der Waals surface area contributed by atoms with E-state index in [0.717, 1.165) is 5.56 Å². The smallest absolute Gasteiger partial charge is 0.405 e. The van der Waals surface area contributed by atoms with E-state index >= 15 is 0 Å². The molecule has 96 valence electrons. The average Bonchev–Trinajstić information content (AvgIpc) is 2.34. The molecule has 1 fully saturated rings. The van der Waals surface area contributed by atoms with Gasteiger partial charge in [-0.15, -0.1) is 0 Å². The molecular weight excluding hydrogens is 230 g/mol. The van der Waals surface area contributed by atoms with Gasteiger partial charge in [0.25, 0.3) is 0 Å². The molecule has 0 heterocycles. The highest BCUT2D eigenvalue weighted by Gasteiger charge is 2.38. The Labute approximate surface area is 106 Å². The lowest BCUT2D eigenvalue weighted by molar-refractivity contribution is -0.125. The highest BCUT2D eigenvalue weighted by atomic mass is 16.6. The number of hydrogen-bond acceptors (Lipinski definition) is 3. The minimum atomic E-state index is -0.764. The number of nitrogens with two attached hydrogens (primary N) is 1. The normalized spacial score (nSPS) is 18.3. The van der Waals surface area contributed by atoms with E-state index in [2.05, 4.69) is 0 Å². The van der Waals surface area contributed by atoms with Gasteiger partial charge in [0.05, 0.1) is 0 Å². The van der Waals surface area contributed by atoms with Crippen LogP contribution in [0.2, 0.25) is 0 Å². The maximum Gasteiger partial charge on any atom is 0.405 e. The van der Waals surface area contributed by atoms with E-state index in [0.29, 0.717) is 32.1 Å². The molecule has 0 atom stereocenters. The van der Waals surface area contributed by atoms with E-state index in [1.807, 2.05) is 30.3 Å². The van der Waals surface area contributed by atoms with Crippen LogP contribution in [0.5, 0.6) is 0 Å². The van der Waals surface area contributed by atoms with Crippen molar-refractivity contribution in [3.8, 4) is 0 Å². The number of hydrogen-bond donors (Lipinski definition) is 1. The molecule has 18 heavy (non-hydrogen) atoms. The molecule has 1 aromatic carbocycles. The van der Waals surface area contributed by atoms with E-state index < -0.39 is 11.7 Å². The van der Waals surface area contributed by atoms with Crippen LogP contribution in [0.4, 0.5) is 4.79 Å². The lowest BCUT2D eigenvalue weighted by Crippen LogP contribution is -2.42. The number of ether oxygens (including phenoxy) is 1. The fraction of sp³-hybridized carbons (Fsp3) is 0.429. The summed E-state index contributed by atoms with van der Waals surface area (Å²) in [6.45, 7) is 0. The van der Waals surface area contributed by atoms with Gasteiger partial charge in [0.1, 0.15) is 11.4 Å². The Kier molecular flexibility index (Phi) is 3.65. The van der Waals surface area contributed by atoms with E-state index in [1.54, 1.807) is 0 Å². The summed E-state index contributed by atoms with van der Waals surface area (Å²) >= 11 is 0. The van der Waals surface area contributed by atoms with Gasteiger partial charge in [-0.2, -0.15) is 0 Å². The molecule has 0 aromatic heterocycles. The van der Waals surface area contributed by atoms with Gasteiger partial charge in [0.2, 0.25) is 0 Å². The van der Waals surface area contributed by atoms with E-state index in [9.17, 15) is 9.59 Å². The molecule has 1 amide bonds. The number of rotatable bonds is 3. The predicted molar refractivity (Wildman–Crippen MR) is 67.0 cm³/mol. The summed E-state index contributed by atoms with van der Waals surface area (Å²) in [4.78, 5) is 22.4. The molecular formula is C14H17NO3. The molecule has 0 spiro atoms. The lowest BCUT2D eigenvalue weighted by Gasteiger charge is -2.35. The molecule has 4 nitrogen and oxygen atoms in total. The minimum Gasteiger partial charge on any atom is -0.443 e. The third kappa shape index (κ3) is 3.09. The SMILES string of the molecule is NC(=O)OC1(Cc2ccccc2)CCC(=O)CC1. The summed E-state index contributed by atoms with van der Waals surface area (Å²) in [7, 11) is 0. The zero-order valence-corrected chi connectivity index (χ0v) is 10.2. The van der Waals surface area contributed by atoms with Gasteiger partial charge >= 0.3 is 6.09 Å². The first-order valence-corrected chi connectivity index (χ1v) is 6.14. The second-order valence-corrected chi connectivity index (χ2v) is 4.81. The molecule has 1 saturated carbocycles. The quantitative estimate of drug-likeness (QED) is 0.890. The van der Waals surface area contributed by atoms with Crippen molar-refractivity contribution in [2.45, 2.75) is 37.7 Å². The van der Waals surface area contributed by atoms with Crippen molar-refractivity contribution in [1.82, 2.24) is 0 Å². The third-order valence-electron chi connectivity index (χ3n) is 3.41. The highest BCUT2D eigenvalue weighted by molar-refractivity contribution is 5.79. The maximum atomic E-state index is 11.3. The van der Waals surface area contributed by atoms with Crippen molar-refractivity contribution in [3.05, 3.63) is 35.9 Å². The van der Waals surface area contributed by atoms with Crippen molar-refractivity contribution >= 4 is 11.9 Å². The van der Waals surface area contributed by atoms with Gasteiger partial charge in [0, 0.05) is 19.3 Å². The molecule has 1 aliphatic rings. The van der Waals surface area contributed by atoms with Gasteiger partial charge in [-0.25, -0.2) is 4.79 Å². The molecule has 1 aromatic rings. The van der Waals surface area contributed by atoms with Crippen LogP contribution in [-0.2, 0) is 16.0 Å². The molecule has 1 aliphatic carbocycles. The van der Waals surface area contributed by atoms with Crippen molar-refractivity contribution < 1.29 is 14.3 Å². The minimum absolute atomic E-state index is 0.228. The second-order valence-electron chi connectivity index (χ2n) is 4.81. The fourth-order valence-corrected chi connectivity index (χ4v) is 2.48. The van der Waals surface area contributed by atoms with Crippen molar-refractivity contribution in [2.75, 3.05) is 0 Å². The fourth-order valence-electron chi connectivity index (χ4n) is 2.48. The van der Waals surface area contributed by atoms with Crippen LogP contribution < -0.4 is 5.73 Å². The van der Waals surface area contributed by atoms with Crippen molar-refractivity contribution in [1.29, 1.82) is 0 Å². The number of amides is 1. The molecule has 0 saturated heterocycles. The first-order valence-electron chi connectivity index (χ1n) is 6.14. The summed E-state index contributed by atoms with van der Waals surface area (Å²) in [6.07, 6.45) is 1.89. The van der Waals surface area contributed by atoms with Gasteiger partial charge in [-0.3, -0.25) is 4.79 Å². The second kappa shape index (κ2) is 5.21. The molecule has 2 N–H and O–H groups in total. The van der Waals surface area contributed by atoms with Crippen LogP contribution in [-0.4, -0.2) is 17.5 Å². The van der Waals surface area contributed by atoms with Crippen LogP contribution >= 0.6 is 0 Å². The van der Waals surface area contributed by atoms with E-state index in [1.165, 1.54) is 0 Å². The summed E-state index contributed by atoms with van der Waals surface area (Å²) in [5, 5.41) is 0. The van der Waals surface area contributed by atoms with Crippen LogP contribution in [0, 0.1) is 0 Å². The summed E-state index contributed by atoms with van der Waals surface area (Å²) in [5.74, 6) is 0.228. The Morgan fingerprint density at radius 2 is 1.83 bits per heavy atom. The van der Waals surface area contributed by atoms with Crippen LogP contribution in [0.15, 0.2) is 30.3 Å². The van der Waals surface area contributed by atoms with Gasteiger partial charge in [0.15, 0.2) is 0 Å². The number of ketones is 1. The molecule has 2 rings (SSSR count). The number of primary amides is 1. The standard InChI is InChI=1S/C14H17NO3/c15-13(17)18-14(8-6-12(16)7-9-14)10-11-4-2-1-3-5-11/h1-5H,6-10H2,(H2,15,17). The zero-order chi connectivity index (χ0) is 13.0. The number of carbonyl (C=O) groups excluding carboxylic acids is 2. The zero-order valence-electron chi connectivity index (χ0n) is 10.2. The van der Waals surface area contributed by atoms with Crippen molar-refractivity contribution in [3.63, 3.8) is 0 Å². The van der Waals surface area contributed by atoms with Gasteiger partial charge in [-0.1, -0.05) is 30.3 Å².